The molecule has 2 rings (SSSR count). The van der Waals surface area contributed by atoms with Crippen LogP contribution in [0.15, 0.2) is 12.1 Å². The van der Waals surface area contributed by atoms with Crippen LogP contribution in [0.25, 0.3) is 0 Å². The van der Waals surface area contributed by atoms with Crippen molar-refractivity contribution in [3.63, 3.8) is 0 Å². The van der Waals surface area contributed by atoms with Crippen LogP contribution in [0.5, 0.6) is 0 Å². The molecule has 21 heavy (non-hydrogen) atoms. The predicted octanol–water partition coefficient (Wildman–Crippen LogP) is 4.57. The van der Waals surface area contributed by atoms with Crippen molar-refractivity contribution in [2.75, 3.05) is 18.4 Å². The summed E-state index contributed by atoms with van der Waals surface area (Å²) in [5, 5.41) is 4.13. The van der Waals surface area contributed by atoms with E-state index in [0.29, 0.717) is 0 Å². The van der Waals surface area contributed by atoms with E-state index in [0.717, 1.165) is 54.5 Å². The molecule has 0 bridgehead atoms. The van der Waals surface area contributed by atoms with Gasteiger partial charge in [0.15, 0.2) is 0 Å². The van der Waals surface area contributed by atoms with Crippen LogP contribution in [0.3, 0.4) is 0 Å². The molecule has 3 nitrogen and oxygen atoms in total. The average Bonchev–Trinajstić information content (AvgIpc) is 3.28. The third-order valence-electron chi connectivity index (χ3n) is 3.88. The molecule has 1 N–H and O–H groups in total. The summed E-state index contributed by atoms with van der Waals surface area (Å²) in [7, 11) is 0. The first kappa shape index (κ1) is 16.6. The lowest BCUT2D eigenvalue weighted by atomic mass is 10.1. The molecule has 1 heterocycles. The van der Waals surface area contributed by atoms with Crippen LogP contribution < -0.4 is 5.32 Å². The van der Waals surface area contributed by atoms with Crippen LogP contribution in [-0.2, 0) is 6.54 Å². The molecular formula is C17H28ClN3. The quantitative estimate of drug-likeness (QED) is 0.724. The van der Waals surface area contributed by atoms with Crippen LogP contribution >= 0.6 is 11.6 Å². The van der Waals surface area contributed by atoms with Crippen molar-refractivity contribution in [2.45, 2.75) is 59.0 Å². The highest BCUT2D eigenvalue weighted by molar-refractivity contribution is 6.31. The number of halogens is 1. The fourth-order valence-corrected chi connectivity index (χ4v) is 2.56. The van der Waals surface area contributed by atoms with Crippen molar-refractivity contribution >= 4 is 17.4 Å². The first-order chi connectivity index (χ1) is 10.1. The van der Waals surface area contributed by atoms with Crippen molar-refractivity contribution in [3.8, 4) is 0 Å². The monoisotopic (exact) mass is 309 g/mol. The number of nitrogens with zero attached hydrogens (tertiary/aromatic N) is 2. The van der Waals surface area contributed by atoms with E-state index < -0.39 is 0 Å². The number of hydrogen-bond acceptors (Lipinski definition) is 3. The highest BCUT2D eigenvalue weighted by atomic mass is 35.5. The smallest absolute Gasteiger partial charge is 0.126 e. The standard InChI is InChI=1S/C17H28ClN3/c1-4-10-19-17-8-7-15(18)16(20-17)12-21(14-5-6-14)11-9-13(2)3/h7-8,13-14H,4-6,9-12H2,1-3H3,(H,19,20). The zero-order chi connectivity index (χ0) is 15.2. The van der Waals surface area contributed by atoms with Gasteiger partial charge >= 0.3 is 0 Å². The van der Waals surface area contributed by atoms with E-state index >= 15 is 0 Å². The minimum absolute atomic E-state index is 0.743. The summed E-state index contributed by atoms with van der Waals surface area (Å²) in [5.74, 6) is 1.68. The Labute approximate surface area is 134 Å². The molecule has 1 saturated carbocycles. The zero-order valence-corrected chi connectivity index (χ0v) is 14.3. The van der Waals surface area contributed by atoms with Gasteiger partial charge in [0.05, 0.1) is 10.7 Å². The van der Waals surface area contributed by atoms with Gasteiger partial charge in [0.25, 0.3) is 0 Å². The second kappa shape index (κ2) is 8.00. The maximum Gasteiger partial charge on any atom is 0.126 e. The number of hydrogen-bond donors (Lipinski definition) is 1. The lowest BCUT2D eigenvalue weighted by Gasteiger charge is -2.23. The molecule has 4 heteroatoms. The van der Waals surface area contributed by atoms with Crippen molar-refractivity contribution in [1.82, 2.24) is 9.88 Å². The number of nitrogens with one attached hydrogen (secondary N) is 1. The summed E-state index contributed by atoms with van der Waals surface area (Å²) in [6.07, 6.45) is 4.98. The maximum absolute atomic E-state index is 6.35. The van der Waals surface area contributed by atoms with Crippen molar-refractivity contribution in [1.29, 1.82) is 0 Å². The molecule has 0 unspecified atom stereocenters. The molecule has 1 aliphatic carbocycles. The Hall–Kier alpha value is -0.800. The van der Waals surface area contributed by atoms with Gasteiger partial charge in [0.2, 0.25) is 0 Å². The number of anilines is 1. The first-order valence-corrected chi connectivity index (χ1v) is 8.61. The average molecular weight is 310 g/mol. The third kappa shape index (κ3) is 5.48. The summed E-state index contributed by atoms with van der Waals surface area (Å²) in [6.45, 7) is 9.69. The molecule has 0 radical (unpaired) electrons. The normalized spacial score (nSPS) is 15.0. The summed E-state index contributed by atoms with van der Waals surface area (Å²) in [4.78, 5) is 7.26. The van der Waals surface area contributed by atoms with Gasteiger partial charge in [-0.25, -0.2) is 4.98 Å². The SMILES string of the molecule is CCCNc1ccc(Cl)c(CN(CCC(C)C)C2CC2)n1. The van der Waals surface area contributed by atoms with E-state index in [1.165, 1.54) is 19.3 Å². The second-order valence-electron chi connectivity index (χ2n) is 6.44. The van der Waals surface area contributed by atoms with Gasteiger partial charge in [-0.3, -0.25) is 4.90 Å². The molecule has 0 amide bonds. The molecule has 0 spiro atoms. The Balaban J connectivity index is 2.01. The Bertz CT molecular complexity index is 444. The minimum atomic E-state index is 0.743. The zero-order valence-electron chi connectivity index (χ0n) is 13.5. The van der Waals surface area contributed by atoms with Crippen LogP contribution in [0.2, 0.25) is 5.02 Å². The predicted molar refractivity (Wildman–Crippen MR) is 90.9 cm³/mol. The Morgan fingerprint density at radius 2 is 2.14 bits per heavy atom. The molecule has 1 fully saturated rings. The van der Waals surface area contributed by atoms with Gasteiger partial charge in [-0.15, -0.1) is 0 Å². The van der Waals surface area contributed by atoms with Crippen LogP contribution in [-0.4, -0.2) is 29.0 Å². The molecule has 1 aromatic heterocycles. The fraction of sp³-hybridized carbons (Fsp3) is 0.706. The molecule has 118 valence electrons. The molecule has 0 aliphatic heterocycles. The van der Waals surface area contributed by atoms with Gasteiger partial charge in [-0.1, -0.05) is 32.4 Å². The van der Waals surface area contributed by atoms with Crippen LogP contribution in [0.4, 0.5) is 5.82 Å². The van der Waals surface area contributed by atoms with Gasteiger partial charge in [0.1, 0.15) is 5.82 Å². The summed E-state index contributed by atoms with van der Waals surface area (Å²) < 4.78 is 0. The fourth-order valence-electron chi connectivity index (χ4n) is 2.39. The molecule has 0 saturated heterocycles. The number of pyridine rings is 1. The lowest BCUT2D eigenvalue weighted by Crippen LogP contribution is -2.28. The van der Waals surface area contributed by atoms with E-state index in [2.05, 4.69) is 31.0 Å². The van der Waals surface area contributed by atoms with E-state index in [1.54, 1.807) is 0 Å². The van der Waals surface area contributed by atoms with E-state index in [9.17, 15) is 0 Å². The number of aromatic nitrogens is 1. The van der Waals surface area contributed by atoms with Crippen molar-refractivity contribution in [3.05, 3.63) is 22.8 Å². The number of rotatable bonds is 9. The Morgan fingerprint density at radius 1 is 1.38 bits per heavy atom. The summed E-state index contributed by atoms with van der Waals surface area (Å²) in [5.41, 5.74) is 1.01. The van der Waals surface area contributed by atoms with Gasteiger partial charge in [-0.05, 0) is 50.3 Å². The molecule has 0 aromatic carbocycles. The second-order valence-corrected chi connectivity index (χ2v) is 6.84. The Morgan fingerprint density at radius 3 is 2.76 bits per heavy atom. The molecule has 0 atom stereocenters. The lowest BCUT2D eigenvalue weighted by molar-refractivity contribution is 0.237. The van der Waals surface area contributed by atoms with E-state index in [4.69, 9.17) is 16.6 Å². The van der Waals surface area contributed by atoms with Crippen LogP contribution in [0.1, 0.15) is 52.1 Å². The third-order valence-corrected chi connectivity index (χ3v) is 4.23. The van der Waals surface area contributed by atoms with Gasteiger partial charge in [-0.2, -0.15) is 0 Å². The summed E-state index contributed by atoms with van der Waals surface area (Å²) >= 11 is 6.35. The van der Waals surface area contributed by atoms with E-state index in [1.807, 2.05) is 12.1 Å². The molecule has 1 aliphatic rings. The van der Waals surface area contributed by atoms with Gasteiger partial charge in [0, 0.05) is 19.1 Å². The largest absolute Gasteiger partial charge is 0.370 e. The minimum Gasteiger partial charge on any atom is -0.370 e. The Kier molecular flexibility index (Phi) is 6.31. The topological polar surface area (TPSA) is 28.2 Å². The molecule has 1 aromatic rings. The van der Waals surface area contributed by atoms with Crippen molar-refractivity contribution in [2.24, 2.45) is 5.92 Å². The first-order valence-electron chi connectivity index (χ1n) is 8.23. The summed E-state index contributed by atoms with van der Waals surface area (Å²) in [6, 6.07) is 4.68. The van der Waals surface area contributed by atoms with E-state index in [-0.39, 0.29) is 0 Å². The highest BCUT2D eigenvalue weighted by Crippen LogP contribution is 2.30. The van der Waals surface area contributed by atoms with Crippen LogP contribution in [0, 0.1) is 5.92 Å². The maximum atomic E-state index is 6.35. The highest BCUT2D eigenvalue weighted by Gasteiger charge is 2.29. The van der Waals surface area contributed by atoms with Crippen molar-refractivity contribution < 1.29 is 0 Å². The molecular weight excluding hydrogens is 282 g/mol. The van der Waals surface area contributed by atoms with Gasteiger partial charge < -0.3 is 5.32 Å².